The summed E-state index contributed by atoms with van der Waals surface area (Å²) in [6, 6.07) is 12.1. The SMILES string of the molecule is CCn1c(Cn2nnc(-c3cccc(OC)c3)n2)nc2cc(F)ccc21. The van der Waals surface area contributed by atoms with Crippen molar-refractivity contribution in [2.24, 2.45) is 0 Å². The van der Waals surface area contributed by atoms with E-state index in [1.807, 2.05) is 35.8 Å². The Morgan fingerprint density at radius 3 is 2.85 bits per heavy atom. The molecule has 0 atom stereocenters. The van der Waals surface area contributed by atoms with Crippen molar-refractivity contribution in [3.8, 4) is 17.1 Å². The number of aryl methyl sites for hydroxylation is 1. The number of fused-ring (bicyclic) bond motifs is 1. The van der Waals surface area contributed by atoms with Crippen LogP contribution in [0.2, 0.25) is 0 Å². The number of hydrogen-bond donors (Lipinski definition) is 0. The van der Waals surface area contributed by atoms with Crippen LogP contribution in [0.3, 0.4) is 0 Å². The van der Waals surface area contributed by atoms with Gasteiger partial charge >= 0.3 is 0 Å². The normalized spacial score (nSPS) is 11.2. The van der Waals surface area contributed by atoms with Crippen molar-refractivity contribution in [2.45, 2.75) is 20.0 Å². The number of benzene rings is 2. The molecular weight excluding hydrogens is 335 g/mol. The maximum absolute atomic E-state index is 13.5. The second-order valence-corrected chi connectivity index (χ2v) is 5.78. The van der Waals surface area contributed by atoms with Crippen LogP contribution in [0.5, 0.6) is 5.75 Å². The minimum Gasteiger partial charge on any atom is -0.497 e. The Labute approximate surface area is 149 Å². The van der Waals surface area contributed by atoms with Gasteiger partial charge in [-0.25, -0.2) is 9.37 Å². The molecule has 0 aliphatic carbocycles. The lowest BCUT2D eigenvalue weighted by atomic mass is 10.2. The third-order valence-corrected chi connectivity index (χ3v) is 4.17. The zero-order chi connectivity index (χ0) is 18.1. The van der Waals surface area contributed by atoms with Crippen LogP contribution in [0.15, 0.2) is 42.5 Å². The van der Waals surface area contributed by atoms with Crippen molar-refractivity contribution in [1.29, 1.82) is 0 Å². The molecule has 0 spiro atoms. The van der Waals surface area contributed by atoms with E-state index in [9.17, 15) is 4.39 Å². The van der Waals surface area contributed by atoms with Crippen molar-refractivity contribution < 1.29 is 9.13 Å². The van der Waals surface area contributed by atoms with Crippen molar-refractivity contribution in [1.82, 2.24) is 29.8 Å². The van der Waals surface area contributed by atoms with Gasteiger partial charge < -0.3 is 9.30 Å². The number of nitrogens with zero attached hydrogens (tertiary/aromatic N) is 6. The molecular formula is C18H17FN6O. The van der Waals surface area contributed by atoms with Crippen LogP contribution < -0.4 is 4.74 Å². The van der Waals surface area contributed by atoms with Gasteiger partial charge in [0.25, 0.3) is 0 Å². The second-order valence-electron chi connectivity index (χ2n) is 5.78. The highest BCUT2D eigenvalue weighted by Crippen LogP contribution is 2.21. The predicted molar refractivity (Wildman–Crippen MR) is 94.3 cm³/mol. The second kappa shape index (κ2) is 6.55. The highest BCUT2D eigenvalue weighted by Gasteiger charge is 2.13. The number of halogens is 1. The van der Waals surface area contributed by atoms with Gasteiger partial charge in [-0.2, -0.15) is 4.80 Å². The van der Waals surface area contributed by atoms with E-state index in [0.717, 1.165) is 29.2 Å². The van der Waals surface area contributed by atoms with Crippen LogP contribution in [-0.2, 0) is 13.1 Å². The molecule has 0 N–H and O–H groups in total. The average Bonchev–Trinajstić information content (AvgIpc) is 3.25. The van der Waals surface area contributed by atoms with E-state index in [1.165, 1.54) is 16.9 Å². The molecule has 0 unspecified atom stereocenters. The standard InChI is InChI=1S/C18H17FN6O/c1-3-24-16-8-7-13(19)10-15(16)20-17(24)11-25-22-18(21-23-25)12-5-4-6-14(9-12)26-2/h4-10H,3,11H2,1-2H3. The lowest BCUT2D eigenvalue weighted by Crippen LogP contribution is -2.10. The number of aromatic nitrogens is 6. The number of tetrazole rings is 1. The first-order valence-corrected chi connectivity index (χ1v) is 8.25. The molecule has 0 radical (unpaired) electrons. The van der Waals surface area contributed by atoms with E-state index in [2.05, 4.69) is 20.4 Å². The molecule has 7 nitrogen and oxygen atoms in total. The highest BCUT2D eigenvalue weighted by molar-refractivity contribution is 5.76. The first kappa shape index (κ1) is 16.2. The van der Waals surface area contributed by atoms with Crippen molar-refractivity contribution in [2.75, 3.05) is 7.11 Å². The van der Waals surface area contributed by atoms with E-state index < -0.39 is 0 Å². The summed E-state index contributed by atoms with van der Waals surface area (Å²) >= 11 is 0. The van der Waals surface area contributed by atoms with Gasteiger partial charge in [-0.3, -0.25) is 0 Å². The fourth-order valence-electron chi connectivity index (χ4n) is 2.94. The van der Waals surface area contributed by atoms with Gasteiger partial charge in [0.05, 0.1) is 18.1 Å². The van der Waals surface area contributed by atoms with Gasteiger partial charge in [0, 0.05) is 18.2 Å². The molecule has 0 amide bonds. The Kier molecular flexibility index (Phi) is 4.08. The van der Waals surface area contributed by atoms with Crippen LogP contribution in [0, 0.1) is 5.82 Å². The van der Waals surface area contributed by atoms with E-state index in [-0.39, 0.29) is 5.82 Å². The summed E-state index contributed by atoms with van der Waals surface area (Å²) in [5.41, 5.74) is 2.33. The third-order valence-electron chi connectivity index (χ3n) is 4.17. The molecule has 0 bridgehead atoms. The Morgan fingerprint density at radius 2 is 2.04 bits per heavy atom. The number of rotatable bonds is 5. The molecule has 0 saturated carbocycles. The summed E-state index contributed by atoms with van der Waals surface area (Å²) in [6.07, 6.45) is 0. The fourth-order valence-corrected chi connectivity index (χ4v) is 2.94. The van der Waals surface area contributed by atoms with Crippen LogP contribution in [0.4, 0.5) is 4.39 Å². The maximum atomic E-state index is 13.5. The molecule has 0 aliphatic rings. The van der Waals surface area contributed by atoms with Crippen LogP contribution in [0.1, 0.15) is 12.7 Å². The van der Waals surface area contributed by atoms with Crippen molar-refractivity contribution >= 4 is 11.0 Å². The van der Waals surface area contributed by atoms with Crippen LogP contribution >= 0.6 is 0 Å². The molecule has 4 aromatic rings. The number of hydrogen-bond acceptors (Lipinski definition) is 5. The largest absolute Gasteiger partial charge is 0.497 e. The first-order chi connectivity index (χ1) is 12.7. The topological polar surface area (TPSA) is 70.7 Å². The van der Waals surface area contributed by atoms with E-state index in [0.29, 0.717) is 17.9 Å². The fraction of sp³-hybridized carbons (Fsp3) is 0.222. The molecule has 4 rings (SSSR count). The minimum absolute atomic E-state index is 0.302. The monoisotopic (exact) mass is 352 g/mol. The van der Waals surface area contributed by atoms with E-state index in [4.69, 9.17) is 4.74 Å². The summed E-state index contributed by atoms with van der Waals surface area (Å²) in [5.74, 6) is 1.69. The highest BCUT2D eigenvalue weighted by atomic mass is 19.1. The third kappa shape index (κ3) is 2.90. The molecule has 2 heterocycles. The lowest BCUT2D eigenvalue weighted by Gasteiger charge is -2.04. The molecule has 2 aromatic heterocycles. The van der Waals surface area contributed by atoms with Crippen LogP contribution in [-0.4, -0.2) is 36.9 Å². The summed E-state index contributed by atoms with van der Waals surface area (Å²) < 4.78 is 20.7. The number of imidazole rings is 1. The zero-order valence-corrected chi connectivity index (χ0v) is 14.4. The van der Waals surface area contributed by atoms with E-state index in [1.54, 1.807) is 13.2 Å². The average molecular weight is 352 g/mol. The summed E-state index contributed by atoms with van der Waals surface area (Å²) in [6.45, 7) is 3.08. The van der Waals surface area contributed by atoms with Gasteiger partial charge in [-0.1, -0.05) is 12.1 Å². The summed E-state index contributed by atoms with van der Waals surface area (Å²) in [7, 11) is 1.61. The number of methoxy groups -OCH3 is 1. The number of ether oxygens (including phenoxy) is 1. The summed E-state index contributed by atoms with van der Waals surface area (Å²) in [5, 5.41) is 12.7. The Hall–Kier alpha value is -3.29. The zero-order valence-electron chi connectivity index (χ0n) is 14.4. The van der Waals surface area contributed by atoms with Crippen molar-refractivity contribution in [3.05, 3.63) is 54.1 Å². The molecule has 0 aliphatic heterocycles. The minimum atomic E-state index is -0.302. The summed E-state index contributed by atoms with van der Waals surface area (Å²) in [4.78, 5) is 6.01. The Balaban J connectivity index is 1.66. The molecule has 26 heavy (non-hydrogen) atoms. The van der Waals surface area contributed by atoms with E-state index >= 15 is 0 Å². The lowest BCUT2D eigenvalue weighted by molar-refractivity contribution is 0.415. The van der Waals surface area contributed by atoms with Gasteiger partial charge in [0.1, 0.15) is 23.9 Å². The van der Waals surface area contributed by atoms with Crippen LogP contribution in [0.25, 0.3) is 22.4 Å². The van der Waals surface area contributed by atoms with Crippen molar-refractivity contribution in [3.63, 3.8) is 0 Å². The first-order valence-electron chi connectivity index (χ1n) is 8.25. The smallest absolute Gasteiger partial charge is 0.205 e. The molecule has 8 heteroatoms. The van der Waals surface area contributed by atoms with Gasteiger partial charge in [0.15, 0.2) is 0 Å². The predicted octanol–water partition coefficient (Wildman–Crippen LogP) is 2.91. The van der Waals surface area contributed by atoms with Gasteiger partial charge in [-0.05, 0) is 36.4 Å². The maximum Gasteiger partial charge on any atom is 0.205 e. The molecule has 132 valence electrons. The Morgan fingerprint density at radius 1 is 1.15 bits per heavy atom. The van der Waals surface area contributed by atoms with Gasteiger partial charge in [0.2, 0.25) is 5.82 Å². The van der Waals surface area contributed by atoms with Gasteiger partial charge in [-0.15, -0.1) is 10.2 Å². The quantitative estimate of drug-likeness (QED) is 0.552. The Bertz CT molecular complexity index is 1070. The molecule has 2 aromatic carbocycles. The molecule has 0 fully saturated rings. The molecule has 0 saturated heterocycles.